The molecular weight excluding hydrogens is 359 g/mol. The fourth-order valence-corrected chi connectivity index (χ4v) is 2.11. The van der Waals surface area contributed by atoms with Crippen LogP contribution in [0.3, 0.4) is 0 Å². The van der Waals surface area contributed by atoms with Gasteiger partial charge >= 0.3 is 7.12 Å². The third kappa shape index (κ3) is 14.0. The summed E-state index contributed by atoms with van der Waals surface area (Å²) in [4.78, 5) is 0. The molecule has 1 rings (SSSR count). The van der Waals surface area contributed by atoms with Gasteiger partial charge < -0.3 is 63.6 Å². The Morgan fingerprint density at radius 2 is 1.39 bits per heavy atom. The summed E-state index contributed by atoms with van der Waals surface area (Å²) >= 11 is 0. The van der Waals surface area contributed by atoms with Crippen LogP contribution in [0.2, 0.25) is 0 Å². The summed E-state index contributed by atoms with van der Waals surface area (Å²) in [7, 11) is -1.37. The van der Waals surface area contributed by atoms with Crippen LogP contribution in [0.5, 0.6) is 0 Å². The fourth-order valence-electron chi connectivity index (χ4n) is 2.11. The Morgan fingerprint density at radius 3 is 1.96 bits per heavy atom. The predicted octanol–water partition coefficient (Wildman–Crippen LogP) is -12.6. The van der Waals surface area contributed by atoms with Crippen LogP contribution in [0, 0.1) is 0 Å². The molecule has 9 N–H and O–H groups in total. The second kappa shape index (κ2) is 18.3. The molecule has 0 saturated heterocycles. The van der Waals surface area contributed by atoms with Gasteiger partial charge in [-0.05, 0) is 5.46 Å². The molecule has 0 atom stereocenters. The summed E-state index contributed by atoms with van der Waals surface area (Å²) in [5.74, 6) is 0. The van der Waals surface area contributed by atoms with Crippen molar-refractivity contribution in [3.63, 3.8) is 0 Å². The molecule has 0 saturated carbocycles. The molecule has 136 valence electrons. The smallest absolute Gasteiger partial charge is 0.488 e. The number of hydrogen-bond donors (Lipinski definition) is 5. The van der Waals surface area contributed by atoms with E-state index >= 15 is 0 Å². The highest BCUT2D eigenvalue weighted by atomic mass is 35.5. The van der Waals surface area contributed by atoms with Crippen LogP contribution >= 0.6 is 0 Å². The second-order valence-electron chi connectivity index (χ2n) is 5.18. The summed E-state index contributed by atoms with van der Waals surface area (Å²) in [6.45, 7) is 5.55. The van der Waals surface area contributed by atoms with E-state index in [2.05, 4.69) is 16.4 Å². The first-order chi connectivity index (χ1) is 9.74. The van der Waals surface area contributed by atoms with E-state index in [9.17, 15) is 0 Å². The highest BCUT2D eigenvalue weighted by Crippen LogP contribution is 1.94. The number of benzene rings is 1. The van der Waals surface area contributed by atoms with Gasteiger partial charge in [-0.15, -0.1) is 0 Å². The number of hydrogen-bond acceptors (Lipinski definition) is 2. The minimum Gasteiger partial charge on any atom is -1.00 e. The lowest BCUT2D eigenvalue weighted by Crippen LogP contribution is -3.00. The van der Waals surface area contributed by atoms with Crippen molar-refractivity contribution in [2.45, 2.75) is 25.8 Å². The Labute approximate surface area is 158 Å². The van der Waals surface area contributed by atoms with Gasteiger partial charge in [0.2, 0.25) is 0 Å². The Bertz CT molecular complexity index is 360. The molecule has 0 aliphatic carbocycles. The van der Waals surface area contributed by atoms with Crippen LogP contribution < -0.4 is 59.1 Å². The maximum absolute atomic E-state index is 9.01. The third-order valence-corrected chi connectivity index (χ3v) is 3.38. The van der Waals surface area contributed by atoms with Crippen LogP contribution in [-0.4, -0.2) is 43.3 Å². The lowest BCUT2D eigenvalue weighted by molar-refractivity contribution is -0.689. The first-order valence-corrected chi connectivity index (χ1v) is 7.61. The first-order valence-electron chi connectivity index (χ1n) is 7.61. The molecule has 9 heteroatoms. The van der Waals surface area contributed by atoms with E-state index in [4.69, 9.17) is 10.0 Å². The Morgan fingerprint density at radius 1 is 0.826 bits per heavy atom. The molecule has 5 nitrogen and oxygen atoms in total. The molecule has 0 aromatic heterocycles. The van der Waals surface area contributed by atoms with E-state index in [0.29, 0.717) is 5.46 Å². The molecule has 1 aromatic carbocycles. The van der Waals surface area contributed by atoms with E-state index in [1.807, 2.05) is 12.1 Å². The average Bonchev–Trinajstić information content (AvgIpc) is 2.46. The fraction of sp³-hybridized carbons (Fsp3) is 0.571. The number of quaternary nitrogens is 3. The van der Waals surface area contributed by atoms with Crippen molar-refractivity contribution in [3.05, 3.63) is 29.8 Å². The van der Waals surface area contributed by atoms with Crippen LogP contribution in [0.1, 0.15) is 24.8 Å². The molecule has 0 aliphatic heterocycles. The van der Waals surface area contributed by atoms with E-state index in [0.717, 1.165) is 19.6 Å². The highest BCUT2D eigenvalue weighted by Gasteiger charge is 2.09. The molecule has 0 bridgehead atoms. The SMILES string of the molecule is [Cl-].[Cl-].[Cl-].[NH3+]CCCC[NH2+]CCC[NH2+]Cc1ccc(B(O)O)cc1. The minimum absolute atomic E-state index is 0. The van der Waals surface area contributed by atoms with Crippen molar-refractivity contribution in [3.8, 4) is 0 Å². The van der Waals surface area contributed by atoms with Crippen LogP contribution in [0.4, 0.5) is 0 Å². The molecule has 0 spiro atoms. The topological polar surface area (TPSA) is 101 Å². The molecule has 0 aliphatic rings. The number of unbranched alkanes of at least 4 members (excludes halogenated alkanes) is 1. The molecule has 0 radical (unpaired) electrons. The standard InChI is InChI=1S/C14H26BN3O2.3ClH/c16-8-1-2-9-17-10-3-11-18-12-13-4-6-14(7-5-13)15(19)20;;;/h4-7,17-20H,1-3,8-12,16H2;3*1H. The molecular formula is C14H29BCl3N3O2. The zero-order valence-corrected chi connectivity index (χ0v) is 15.7. The summed E-state index contributed by atoms with van der Waals surface area (Å²) in [6.07, 6.45) is 3.73. The minimum atomic E-state index is -1.37. The third-order valence-electron chi connectivity index (χ3n) is 3.38. The van der Waals surface area contributed by atoms with Gasteiger partial charge in [0.25, 0.3) is 0 Å². The van der Waals surface area contributed by atoms with E-state index in [1.165, 1.54) is 37.9 Å². The molecule has 1 aromatic rings. The lowest BCUT2D eigenvalue weighted by Gasteiger charge is -2.04. The van der Waals surface area contributed by atoms with Crippen molar-refractivity contribution < 1.29 is 63.6 Å². The normalized spacial score (nSPS) is 9.35. The quantitative estimate of drug-likeness (QED) is 0.192. The number of rotatable bonds is 11. The van der Waals surface area contributed by atoms with E-state index < -0.39 is 7.12 Å². The summed E-state index contributed by atoms with van der Waals surface area (Å²) in [6, 6.07) is 7.45. The maximum Gasteiger partial charge on any atom is 0.488 e. The van der Waals surface area contributed by atoms with Gasteiger partial charge in [0.15, 0.2) is 0 Å². The molecule has 0 heterocycles. The van der Waals surface area contributed by atoms with Gasteiger partial charge in [0.05, 0.1) is 26.2 Å². The van der Waals surface area contributed by atoms with Crippen LogP contribution in [0.25, 0.3) is 0 Å². The molecule has 23 heavy (non-hydrogen) atoms. The average molecular weight is 389 g/mol. The summed E-state index contributed by atoms with van der Waals surface area (Å²) in [5, 5.41) is 22.7. The Kier molecular flexibility index (Phi) is 22.1. The van der Waals surface area contributed by atoms with Crippen LogP contribution in [-0.2, 0) is 6.54 Å². The van der Waals surface area contributed by atoms with Gasteiger partial charge in [-0.3, -0.25) is 0 Å². The molecule has 0 amide bonds. The highest BCUT2D eigenvalue weighted by molar-refractivity contribution is 6.58. The molecule has 0 fully saturated rings. The van der Waals surface area contributed by atoms with Crippen molar-refractivity contribution >= 4 is 12.6 Å². The summed E-state index contributed by atoms with van der Waals surface area (Å²) in [5.41, 5.74) is 5.60. The number of nitrogens with two attached hydrogens (primary N) is 2. The first kappa shape index (κ1) is 27.8. The second-order valence-corrected chi connectivity index (χ2v) is 5.18. The number of halogens is 3. The van der Waals surface area contributed by atoms with Gasteiger partial charge in [-0.2, -0.15) is 0 Å². The Hall–Kier alpha value is -0.0451. The van der Waals surface area contributed by atoms with E-state index in [1.54, 1.807) is 12.1 Å². The van der Waals surface area contributed by atoms with Gasteiger partial charge in [0, 0.05) is 24.8 Å². The predicted molar refractivity (Wildman–Crippen MR) is 80.0 cm³/mol. The zero-order chi connectivity index (χ0) is 14.6. The Balaban J connectivity index is -0.00000133. The van der Waals surface area contributed by atoms with Gasteiger partial charge in [-0.1, -0.05) is 24.3 Å². The van der Waals surface area contributed by atoms with Crippen molar-refractivity contribution in [1.82, 2.24) is 0 Å². The largest absolute Gasteiger partial charge is 1.00 e. The van der Waals surface area contributed by atoms with Crippen LogP contribution in [0.15, 0.2) is 24.3 Å². The monoisotopic (exact) mass is 387 g/mol. The van der Waals surface area contributed by atoms with Gasteiger partial charge in [0.1, 0.15) is 6.54 Å². The maximum atomic E-state index is 9.01. The van der Waals surface area contributed by atoms with E-state index in [-0.39, 0.29) is 37.2 Å². The van der Waals surface area contributed by atoms with Gasteiger partial charge in [-0.25, -0.2) is 0 Å². The lowest BCUT2D eigenvalue weighted by atomic mass is 9.80. The van der Waals surface area contributed by atoms with Crippen molar-refractivity contribution in [2.24, 2.45) is 0 Å². The summed E-state index contributed by atoms with van der Waals surface area (Å²) < 4.78 is 0. The molecule has 0 unspecified atom stereocenters. The van der Waals surface area contributed by atoms with Crippen molar-refractivity contribution in [2.75, 3.05) is 26.2 Å². The zero-order valence-electron chi connectivity index (χ0n) is 13.4. The van der Waals surface area contributed by atoms with Crippen molar-refractivity contribution in [1.29, 1.82) is 0 Å².